The maximum atomic E-state index is 4.35. The summed E-state index contributed by atoms with van der Waals surface area (Å²) >= 11 is 17.4. The lowest BCUT2D eigenvalue weighted by molar-refractivity contribution is 1.14. The van der Waals surface area contributed by atoms with Crippen LogP contribution in [0.3, 0.4) is 0 Å². The number of thiol groups is 4. The maximum Gasteiger partial charge on any atom is 0.0567 e. The van der Waals surface area contributed by atoms with Crippen LogP contribution in [0.25, 0.3) is 0 Å². The van der Waals surface area contributed by atoms with Crippen molar-refractivity contribution in [1.82, 2.24) is 0 Å². The molecular weight excluding hydrogens is 252 g/mol. The molecule has 0 radical (unpaired) electrons. The first-order valence-electron chi connectivity index (χ1n) is 4.68. The van der Waals surface area contributed by atoms with E-state index < -0.39 is 8.07 Å². The van der Waals surface area contributed by atoms with Crippen molar-refractivity contribution in [2.45, 2.75) is 24.2 Å². The molecular formula is C8H20S4Si. The zero-order valence-electron chi connectivity index (χ0n) is 7.95. The quantitative estimate of drug-likeness (QED) is 0.379. The zero-order chi connectivity index (χ0) is 10.2. The van der Waals surface area contributed by atoms with Crippen molar-refractivity contribution in [3.05, 3.63) is 0 Å². The van der Waals surface area contributed by atoms with E-state index >= 15 is 0 Å². The molecule has 0 aliphatic heterocycles. The number of hydrogen-bond donors (Lipinski definition) is 4. The van der Waals surface area contributed by atoms with Gasteiger partial charge in [-0.3, -0.25) is 0 Å². The van der Waals surface area contributed by atoms with E-state index in [1.165, 1.54) is 24.2 Å². The Bertz CT molecular complexity index is 91.2. The molecule has 0 N–H and O–H groups in total. The first-order chi connectivity index (χ1) is 6.24. The van der Waals surface area contributed by atoms with E-state index in [4.69, 9.17) is 0 Å². The summed E-state index contributed by atoms with van der Waals surface area (Å²) in [5, 5.41) is 0. The SMILES string of the molecule is SCC[Si](CCS)(CCS)CCS. The van der Waals surface area contributed by atoms with Gasteiger partial charge >= 0.3 is 0 Å². The van der Waals surface area contributed by atoms with E-state index in [-0.39, 0.29) is 0 Å². The Kier molecular flexibility index (Phi) is 9.99. The average Bonchev–Trinajstić information content (AvgIpc) is 2.06. The van der Waals surface area contributed by atoms with Gasteiger partial charge in [0.1, 0.15) is 0 Å². The molecule has 5 heteroatoms. The molecule has 0 fully saturated rings. The molecule has 0 aliphatic carbocycles. The van der Waals surface area contributed by atoms with Crippen molar-refractivity contribution < 1.29 is 0 Å². The third-order valence-electron chi connectivity index (χ3n) is 2.57. The molecule has 0 aliphatic rings. The van der Waals surface area contributed by atoms with Gasteiger partial charge in [-0.2, -0.15) is 50.5 Å². The summed E-state index contributed by atoms with van der Waals surface area (Å²) in [6, 6.07) is 5.21. The molecule has 0 aromatic heterocycles. The van der Waals surface area contributed by atoms with E-state index in [9.17, 15) is 0 Å². The van der Waals surface area contributed by atoms with Crippen molar-refractivity contribution in [2.24, 2.45) is 0 Å². The smallest absolute Gasteiger partial charge is 0.0567 e. The lowest BCUT2D eigenvalue weighted by Gasteiger charge is -2.30. The molecule has 0 aromatic rings. The van der Waals surface area contributed by atoms with Crippen LogP contribution >= 0.6 is 50.5 Å². The minimum atomic E-state index is -1.10. The second-order valence-corrected chi connectivity index (χ2v) is 10.2. The van der Waals surface area contributed by atoms with Crippen LogP contribution in [0, 0.1) is 0 Å². The third kappa shape index (κ3) is 5.92. The van der Waals surface area contributed by atoms with E-state index in [1.54, 1.807) is 0 Å². The molecule has 0 saturated heterocycles. The van der Waals surface area contributed by atoms with E-state index in [0.717, 1.165) is 23.0 Å². The minimum Gasteiger partial charge on any atom is -0.180 e. The van der Waals surface area contributed by atoms with Gasteiger partial charge < -0.3 is 0 Å². The molecule has 0 heterocycles. The predicted molar refractivity (Wildman–Crippen MR) is 80.4 cm³/mol. The molecule has 0 amide bonds. The Balaban J connectivity index is 4.19. The van der Waals surface area contributed by atoms with Gasteiger partial charge in [-0.15, -0.1) is 0 Å². The number of rotatable bonds is 8. The molecule has 0 rings (SSSR count). The monoisotopic (exact) mass is 272 g/mol. The molecule has 13 heavy (non-hydrogen) atoms. The van der Waals surface area contributed by atoms with Crippen LogP contribution in [0.4, 0.5) is 0 Å². The summed E-state index contributed by atoms with van der Waals surface area (Å²) in [6.45, 7) is 0. The highest BCUT2D eigenvalue weighted by atomic mass is 32.1. The molecule has 0 atom stereocenters. The fourth-order valence-corrected chi connectivity index (χ4v) is 10.8. The molecule has 0 bridgehead atoms. The molecule has 0 nitrogen and oxygen atoms in total. The van der Waals surface area contributed by atoms with Gasteiger partial charge in [0, 0.05) is 0 Å². The van der Waals surface area contributed by atoms with Gasteiger partial charge in [-0.25, -0.2) is 0 Å². The fourth-order valence-electron chi connectivity index (χ4n) is 1.70. The Morgan fingerprint density at radius 3 is 0.923 bits per heavy atom. The molecule has 0 unspecified atom stereocenters. The van der Waals surface area contributed by atoms with Gasteiger partial charge in [0.2, 0.25) is 0 Å². The van der Waals surface area contributed by atoms with Crippen LogP contribution in [-0.2, 0) is 0 Å². The van der Waals surface area contributed by atoms with E-state index in [1.807, 2.05) is 0 Å². The first-order valence-corrected chi connectivity index (χ1v) is 10.0. The van der Waals surface area contributed by atoms with Gasteiger partial charge in [-0.05, 0) is 47.2 Å². The Hall–Kier alpha value is 1.62. The Labute approximate surface area is 105 Å². The van der Waals surface area contributed by atoms with Gasteiger partial charge in [0.25, 0.3) is 0 Å². The van der Waals surface area contributed by atoms with Gasteiger partial charge in [0.15, 0.2) is 0 Å². The topological polar surface area (TPSA) is 0 Å². The Morgan fingerprint density at radius 2 is 0.769 bits per heavy atom. The highest BCUT2D eigenvalue weighted by Gasteiger charge is 2.29. The molecule has 0 saturated carbocycles. The molecule has 0 spiro atoms. The highest BCUT2D eigenvalue weighted by Crippen LogP contribution is 2.27. The lowest BCUT2D eigenvalue weighted by Crippen LogP contribution is -2.36. The van der Waals surface area contributed by atoms with Crippen molar-refractivity contribution in [3.63, 3.8) is 0 Å². The molecule has 80 valence electrons. The van der Waals surface area contributed by atoms with Crippen LogP contribution < -0.4 is 0 Å². The van der Waals surface area contributed by atoms with Gasteiger partial charge in [0.05, 0.1) is 8.07 Å². The first kappa shape index (κ1) is 14.6. The van der Waals surface area contributed by atoms with E-state index in [2.05, 4.69) is 50.5 Å². The predicted octanol–water partition coefficient (Wildman–Crippen LogP) is 3.15. The zero-order valence-corrected chi connectivity index (χ0v) is 12.5. The van der Waals surface area contributed by atoms with Crippen LogP contribution in [0.2, 0.25) is 24.2 Å². The van der Waals surface area contributed by atoms with Crippen molar-refractivity contribution in [2.75, 3.05) is 23.0 Å². The number of hydrogen-bond acceptors (Lipinski definition) is 4. The Morgan fingerprint density at radius 1 is 0.538 bits per heavy atom. The van der Waals surface area contributed by atoms with Crippen molar-refractivity contribution in [3.8, 4) is 0 Å². The fraction of sp³-hybridized carbons (Fsp3) is 1.00. The van der Waals surface area contributed by atoms with Crippen LogP contribution in [-0.4, -0.2) is 31.1 Å². The summed E-state index contributed by atoms with van der Waals surface area (Å²) in [4.78, 5) is 0. The summed E-state index contributed by atoms with van der Waals surface area (Å²) in [7, 11) is -1.10. The average molecular weight is 273 g/mol. The largest absolute Gasteiger partial charge is 0.180 e. The highest BCUT2D eigenvalue weighted by molar-refractivity contribution is 7.81. The second-order valence-electron chi connectivity index (χ2n) is 3.39. The molecule has 0 aromatic carbocycles. The van der Waals surface area contributed by atoms with Crippen molar-refractivity contribution in [1.29, 1.82) is 0 Å². The van der Waals surface area contributed by atoms with Crippen molar-refractivity contribution >= 4 is 58.6 Å². The maximum absolute atomic E-state index is 4.35. The van der Waals surface area contributed by atoms with E-state index in [0.29, 0.717) is 0 Å². The van der Waals surface area contributed by atoms with Gasteiger partial charge in [-0.1, -0.05) is 0 Å². The lowest BCUT2D eigenvalue weighted by atomic mass is 10.9. The minimum absolute atomic E-state index is 1.02. The van der Waals surface area contributed by atoms with Crippen LogP contribution in [0.15, 0.2) is 0 Å². The van der Waals surface area contributed by atoms with Crippen LogP contribution in [0.1, 0.15) is 0 Å². The summed E-state index contributed by atoms with van der Waals surface area (Å²) in [5.74, 6) is 4.06. The summed E-state index contributed by atoms with van der Waals surface area (Å²) in [5.41, 5.74) is 0. The second kappa shape index (κ2) is 8.89. The standard InChI is InChI=1S/C8H20S4Si/c9-1-5-13(6-2-10,7-3-11)8-4-12/h9-12H,1-8H2. The third-order valence-corrected chi connectivity index (χ3v) is 10.4. The van der Waals surface area contributed by atoms with Crippen LogP contribution in [0.5, 0.6) is 0 Å². The summed E-state index contributed by atoms with van der Waals surface area (Å²) < 4.78 is 0. The summed E-state index contributed by atoms with van der Waals surface area (Å²) in [6.07, 6.45) is 0. The normalized spacial score (nSPS) is 12.0.